The summed E-state index contributed by atoms with van der Waals surface area (Å²) in [6.07, 6.45) is 0. The molecule has 25 heavy (non-hydrogen) atoms. The molecular formula is C15H10N2O8. The molecule has 0 aromatic heterocycles. The number of non-ortho nitro benzene ring substituents is 1. The lowest BCUT2D eigenvalue weighted by Gasteiger charge is -2.07. The number of nitro groups is 2. The van der Waals surface area contributed by atoms with Gasteiger partial charge in [0.1, 0.15) is 6.61 Å². The van der Waals surface area contributed by atoms with Crippen molar-refractivity contribution in [3.05, 3.63) is 67.8 Å². The van der Waals surface area contributed by atoms with Crippen LogP contribution in [0.3, 0.4) is 0 Å². The van der Waals surface area contributed by atoms with E-state index in [4.69, 9.17) is 14.2 Å². The Balaban J connectivity index is 1.75. The standard InChI is InChI=1S/C15H10N2O8/c18-15(9-1-3-11(4-2-9)16(19)20)23-7-10-5-13-14(25-8-24-13)6-12(10)17(21)22/h1-6H,7-8H2. The van der Waals surface area contributed by atoms with Crippen molar-refractivity contribution < 1.29 is 28.9 Å². The lowest BCUT2D eigenvalue weighted by atomic mass is 10.1. The molecule has 0 bridgehead atoms. The Hall–Kier alpha value is -3.69. The van der Waals surface area contributed by atoms with Gasteiger partial charge in [0.25, 0.3) is 11.4 Å². The van der Waals surface area contributed by atoms with E-state index in [1.807, 2.05) is 0 Å². The Morgan fingerprint density at radius 3 is 2.28 bits per heavy atom. The van der Waals surface area contributed by atoms with Gasteiger partial charge in [-0.15, -0.1) is 0 Å². The minimum Gasteiger partial charge on any atom is -0.457 e. The van der Waals surface area contributed by atoms with Gasteiger partial charge in [0, 0.05) is 12.1 Å². The molecule has 0 N–H and O–H groups in total. The Morgan fingerprint density at radius 2 is 1.68 bits per heavy atom. The van der Waals surface area contributed by atoms with Gasteiger partial charge in [-0.3, -0.25) is 20.2 Å². The fourth-order valence-corrected chi connectivity index (χ4v) is 2.20. The first-order chi connectivity index (χ1) is 12.0. The average Bonchev–Trinajstić information content (AvgIpc) is 3.06. The summed E-state index contributed by atoms with van der Waals surface area (Å²) in [5, 5.41) is 21.7. The second-order valence-electron chi connectivity index (χ2n) is 4.97. The van der Waals surface area contributed by atoms with Crippen LogP contribution >= 0.6 is 0 Å². The highest BCUT2D eigenvalue weighted by Crippen LogP contribution is 2.38. The molecule has 0 unspecified atom stereocenters. The maximum Gasteiger partial charge on any atom is 0.338 e. The topological polar surface area (TPSA) is 131 Å². The molecule has 2 aromatic carbocycles. The van der Waals surface area contributed by atoms with Gasteiger partial charge in [-0.1, -0.05) is 0 Å². The average molecular weight is 346 g/mol. The van der Waals surface area contributed by atoms with Gasteiger partial charge in [-0.25, -0.2) is 4.79 Å². The van der Waals surface area contributed by atoms with E-state index in [1.54, 1.807) is 0 Å². The van der Waals surface area contributed by atoms with Crippen LogP contribution in [0.4, 0.5) is 11.4 Å². The van der Waals surface area contributed by atoms with E-state index >= 15 is 0 Å². The molecule has 10 heteroatoms. The van der Waals surface area contributed by atoms with Crippen LogP contribution < -0.4 is 9.47 Å². The largest absolute Gasteiger partial charge is 0.457 e. The summed E-state index contributed by atoms with van der Waals surface area (Å²) in [5.41, 5.74) is -0.192. The molecule has 0 spiro atoms. The van der Waals surface area contributed by atoms with Crippen LogP contribution in [-0.4, -0.2) is 22.6 Å². The number of carbonyl (C=O) groups excluding carboxylic acids is 1. The Bertz CT molecular complexity index is 863. The number of ether oxygens (including phenoxy) is 3. The van der Waals surface area contributed by atoms with Crippen molar-refractivity contribution in [3.63, 3.8) is 0 Å². The van der Waals surface area contributed by atoms with Crippen LogP contribution in [0.15, 0.2) is 36.4 Å². The maximum absolute atomic E-state index is 12.0. The van der Waals surface area contributed by atoms with Crippen LogP contribution in [0.5, 0.6) is 11.5 Å². The number of rotatable bonds is 5. The molecule has 0 radical (unpaired) electrons. The molecule has 3 rings (SSSR count). The van der Waals surface area contributed by atoms with Crippen molar-refractivity contribution in [2.24, 2.45) is 0 Å². The van der Waals surface area contributed by atoms with Gasteiger partial charge in [0.2, 0.25) is 6.79 Å². The van der Waals surface area contributed by atoms with E-state index in [1.165, 1.54) is 36.4 Å². The molecule has 1 aliphatic heterocycles. The molecule has 10 nitrogen and oxygen atoms in total. The normalized spacial score (nSPS) is 11.8. The van der Waals surface area contributed by atoms with E-state index in [-0.39, 0.29) is 41.7 Å². The predicted octanol–water partition coefficient (Wildman–Crippen LogP) is 2.59. The van der Waals surface area contributed by atoms with Crippen LogP contribution in [0.25, 0.3) is 0 Å². The lowest BCUT2D eigenvalue weighted by molar-refractivity contribution is -0.385. The molecule has 0 saturated heterocycles. The molecule has 1 heterocycles. The summed E-state index contributed by atoms with van der Waals surface area (Å²) in [6.45, 7) is -0.401. The minimum absolute atomic E-state index is 0.0431. The lowest BCUT2D eigenvalue weighted by Crippen LogP contribution is -2.07. The zero-order valence-corrected chi connectivity index (χ0v) is 12.5. The van der Waals surface area contributed by atoms with Gasteiger partial charge in [-0.05, 0) is 18.2 Å². The molecule has 128 valence electrons. The highest BCUT2D eigenvalue weighted by Gasteiger charge is 2.24. The summed E-state index contributed by atoms with van der Waals surface area (Å²) in [7, 11) is 0. The van der Waals surface area contributed by atoms with Gasteiger partial charge in [0.15, 0.2) is 11.5 Å². The number of benzene rings is 2. The summed E-state index contributed by atoms with van der Waals surface area (Å²) in [5.74, 6) is -0.189. The number of fused-ring (bicyclic) bond motifs is 1. The zero-order chi connectivity index (χ0) is 18.0. The summed E-state index contributed by atoms with van der Waals surface area (Å²) < 4.78 is 15.3. The molecule has 0 amide bonds. The molecule has 2 aromatic rings. The van der Waals surface area contributed by atoms with Crippen molar-refractivity contribution >= 4 is 17.3 Å². The Morgan fingerprint density at radius 1 is 1.04 bits per heavy atom. The van der Waals surface area contributed by atoms with Crippen molar-refractivity contribution in [2.75, 3.05) is 6.79 Å². The highest BCUT2D eigenvalue weighted by atomic mass is 16.7. The van der Waals surface area contributed by atoms with Crippen molar-refractivity contribution in [1.82, 2.24) is 0 Å². The van der Waals surface area contributed by atoms with Crippen molar-refractivity contribution in [1.29, 1.82) is 0 Å². The first-order valence-corrected chi connectivity index (χ1v) is 6.94. The molecule has 0 saturated carbocycles. The third kappa shape index (κ3) is 3.32. The number of carbonyl (C=O) groups is 1. The van der Waals surface area contributed by atoms with Crippen LogP contribution in [0.2, 0.25) is 0 Å². The van der Waals surface area contributed by atoms with Gasteiger partial charge in [0.05, 0.1) is 27.0 Å². The molecule has 0 fully saturated rings. The summed E-state index contributed by atoms with van der Waals surface area (Å²) in [6, 6.07) is 7.41. The second-order valence-corrected chi connectivity index (χ2v) is 4.97. The smallest absolute Gasteiger partial charge is 0.338 e. The van der Waals surface area contributed by atoms with E-state index in [9.17, 15) is 25.0 Å². The number of nitro benzene ring substituents is 2. The van der Waals surface area contributed by atoms with Crippen LogP contribution in [0.1, 0.15) is 15.9 Å². The van der Waals surface area contributed by atoms with Gasteiger partial charge in [-0.2, -0.15) is 0 Å². The third-order valence-electron chi connectivity index (χ3n) is 3.44. The molecule has 0 atom stereocenters. The second kappa shape index (κ2) is 6.43. The number of hydrogen-bond acceptors (Lipinski definition) is 8. The SMILES string of the molecule is O=C(OCc1cc2c(cc1[N+](=O)[O-])OCO2)c1ccc([N+](=O)[O-])cc1. The molecule has 0 aliphatic carbocycles. The van der Waals surface area contributed by atoms with E-state index in [2.05, 4.69) is 0 Å². The monoisotopic (exact) mass is 346 g/mol. The Labute approximate surface area is 139 Å². The van der Waals surface area contributed by atoms with Crippen LogP contribution in [0, 0.1) is 20.2 Å². The Kier molecular flexibility index (Phi) is 4.16. The number of nitrogens with zero attached hydrogens (tertiary/aromatic N) is 2. The fraction of sp³-hybridized carbons (Fsp3) is 0.133. The van der Waals surface area contributed by atoms with E-state index in [0.717, 1.165) is 0 Å². The summed E-state index contributed by atoms with van der Waals surface area (Å²) >= 11 is 0. The van der Waals surface area contributed by atoms with E-state index in [0.29, 0.717) is 5.75 Å². The highest BCUT2D eigenvalue weighted by molar-refractivity contribution is 5.89. The minimum atomic E-state index is -0.762. The fourth-order valence-electron chi connectivity index (χ4n) is 2.20. The molecule has 1 aliphatic rings. The third-order valence-corrected chi connectivity index (χ3v) is 3.44. The zero-order valence-electron chi connectivity index (χ0n) is 12.5. The maximum atomic E-state index is 12.0. The molecular weight excluding hydrogens is 336 g/mol. The van der Waals surface area contributed by atoms with Gasteiger partial charge >= 0.3 is 5.97 Å². The number of hydrogen-bond donors (Lipinski definition) is 0. The van der Waals surface area contributed by atoms with Crippen molar-refractivity contribution in [2.45, 2.75) is 6.61 Å². The first kappa shape index (κ1) is 16.2. The predicted molar refractivity (Wildman–Crippen MR) is 81.4 cm³/mol. The summed E-state index contributed by atoms with van der Waals surface area (Å²) in [4.78, 5) is 32.5. The number of esters is 1. The van der Waals surface area contributed by atoms with Gasteiger partial charge < -0.3 is 14.2 Å². The van der Waals surface area contributed by atoms with Crippen LogP contribution in [-0.2, 0) is 11.3 Å². The first-order valence-electron chi connectivity index (χ1n) is 6.94. The van der Waals surface area contributed by atoms with E-state index < -0.39 is 15.8 Å². The quantitative estimate of drug-likeness (QED) is 0.458. The van der Waals surface area contributed by atoms with Crippen molar-refractivity contribution in [3.8, 4) is 11.5 Å².